The molecule has 18 heavy (non-hydrogen) atoms. The van der Waals surface area contributed by atoms with Crippen molar-refractivity contribution in [1.82, 2.24) is 6.15 Å². The van der Waals surface area contributed by atoms with Crippen molar-refractivity contribution in [2.75, 3.05) is 0 Å². The zero-order valence-electron chi connectivity index (χ0n) is 11.7. The van der Waals surface area contributed by atoms with Crippen molar-refractivity contribution in [3.8, 4) is 0 Å². The molecule has 0 bridgehead atoms. The van der Waals surface area contributed by atoms with Crippen molar-refractivity contribution in [3.05, 3.63) is 47.5 Å². The summed E-state index contributed by atoms with van der Waals surface area (Å²) in [4.78, 5) is 0. The van der Waals surface area contributed by atoms with Gasteiger partial charge in [0.25, 0.3) is 0 Å². The molecule has 3 N–H and O–H groups in total. The summed E-state index contributed by atoms with van der Waals surface area (Å²) in [5, 5.41) is 2.83. The molecule has 2 aromatic rings. The minimum Gasteiger partial charge on any atom is -0.344 e. The van der Waals surface area contributed by atoms with Crippen LogP contribution in [0.2, 0.25) is 0 Å². The van der Waals surface area contributed by atoms with Crippen molar-refractivity contribution < 1.29 is 0 Å². The molecule has 0 spiro atoms. The van der Waals surface area contributed by atoms with Crippen LogP contribution in [0.3, 0.4) is 0 Å². The second kappa shape index (κ2) is 7.17. The highest BCUT2D eigenvalue weighted by Gasteiger charge is 2.03. The first kappa shape index (κ1) is 14.7. The summed E-state index contributed by atoms with van der Waals surface area (Å²) in [5.74, 6) is 0. The van der Waals surface area contributed by atoms with Crippen molar-refractivity contribution in [2.45, 2.75) is 46.0 Å². The molecule has 0 aliphatic heterocycles. The molecule has 0 fully saturated rings. The molecule has 2 aromatic carbocycles. The summed E-state index contributed by atoms with van der Waals surface area (Å²) in [6.07, 6.45) is 6.59. The summed E-state index contributed by atoms with van der Waals surface area (Å²) < 4.78 is 0. The van der Waals surface area contributed by atoms with E-state index in [1.54, 1.807) is 5.56 Å². The van der Waals surface area contributed by atoms with Crippen LogP contribution in [0.25, 0.3) is 10.8 Å². The lowest BCUT2D eigenvalue weighted by molar-refractivity contribution is 0.667. The number of rotatable bonds is 5. The molecule has 0 heterocycles. The maximum atomic E-state index is 2.27. The van der Waals surface area contributed by atoms with Crippen LogP contribution in [0.5, 0.6) is 0 Å². The van der Waals surface area contributed by atoms with E-state index in [0.717, 1.165) is 0 Å². The van der Waals surface area contributed by atoms with E-state index in [9.17, 15) is 0 Å². The first-order valence-corrected chi connectivity index (χ1v) is 6.80. The molecule has 0 saturated heterocycles. The van der Waals surface area contributed by atoms with Gasteiger partial charge in [0.1, 0.15) is 0 Å². The number of unbranched alkanes of at least 4 members (excludes halogenated alkanes) is 3. The Hall–Kier alpha value is -1.34. The molecule has 1 heteroatoms. The third-order valence-electron chi connectivity index (χ3n) is 3.56. The van der Waals surface area contributed by atoms with E-state index in [1.807, 2.05) is 0 Å². The van der Waals surface area contributed by atoms with Gasteiger partial charge in [0.05, 0.1) is 0 Å². The van der Waals surface area contributed by atoms with Gasteiger partial charge in [-0.1, -0.05) is 62.6 Å². The van der Waals surface area contributed by atoms with E-state index in [4.69, 9.17) is 0 Å². The highest BCUT2D eigenvalue weighted by Crippen LogP contribution is 2.24. The lowest BCUT2D eigenvalue weighted by Crippen LogP contribution is -1.92. The van der Waals surface area contributed by atoms with E-state index in [0.29, 0.717) is 0 Å². The smallest absolute Gasteiger partial charge is 0.0149 e. The van der Waals surface area contributed by atoms with E-state index in [1.165, 1.54) is 48.4 Å². The number of hydrogen-bond donors (Lipinski definition) is 1. The van der Waals surface area contributed by atoms with Gasteiger partial charge in [-0.2, -0.15) is 0 Å². The predicted molar refractivity (Wildman–Crippen MR) is 81.6 cm³/mol. The minimum atomic E-state index is 0. The highest BCUT2D eigenvalue weighted by atomic mass is 14.1. The van der Waals surface area contributed by atoms with Crippen LogP contribution in [0.1, 0.15) is 43.7 Å². The lowest BCUT2D eigenvalue weighted by atomic mass is 9.95. The lowest BCUT2D eigenvalue weighted by Gasteiger charge is -2.10. The monoisotopic (exact) mass is 243 g/mol. The van der Waals surface area contributed by atoms with Gasteiger partial charge >= 0.3 is 0 Å². The Morgan fingerprint density at radius 3 is 2.44 bits per heavy atom. The molecule has 0 radical (unpaired) electrons. The molecule has 98 valence electrons. The van der Waals surface area contributed by atoms with Crippen molar-refractivity contribution >= 4 is 10.8 Å². The first-order valence-electron chi connectivity index (χ1n) is 6.80. The second-order valence-corrected chi connectivity index (χ2v) is 4.89. The summed E-state index contributed by atoms with van der Waals surface area (Å²) in [6, 6.07) is 13.2. The number of hydrogen-bond acceptors (Lipinski definition) is 1. The van der Waals surface area contributed by atoms with Gasteiger partial charge in [-0.3, -0.25) is 0 Å². The molecule has 0 unspecified atom stereocenters. The molecule has 0 amide bonds. The van der Waals surface area contributed by atoms with Crippen LogP contribution in [-0.4, -0.2) is 0 Å². The van der Waals surface area contributed by atoms with Gasteiger partial charge in [-0.05, 0) is 41.7 Å². The minimum absolute atomic E-state index is 0. The molecule has 0 atom stereocenters. The maximum Gasteiger partial charge on any atom is -0.0149 e. The van der Waals surface area contributed by atoms with E-state index in [-0.39, 0.29) is 6.15 Å². The van der Waals surface area contributed by atoms with E-state index < -0.39 is 0 Å². The van der Waals surface area contributed by atoms with Crippen LogP contribution >= 0.6 is 0 Å². The van der Waals surface area contributed by atoms with E-state index >= 15 is 0 Å². The van der Waals surface area contributed by atoms with E-state index in [2.05, 4.69) is 50.2 Å². The normalized spacial score (nSPS) is 10.3. The molecule has 0 saturated carbocycles. The summed E-state index contributed by atoms with van der Waals surface area (Å²) >= 11 is 0. The largest absolute Gasteiger partial charge is 0.344 e. The van der Waals surface area contributed by atoms with Gasteiger partial charge < -0.3 is 6.15 Å². The van der Waals surface area contributed by atoms with Gasteiger partial charge in [0, 0.05) is 0 Å². The van der Waals surface area contributed by atoms with Crippen LogP contribution in [-0.2, 0) is 6.42 Å². The Labute approximate surface area is 111 Å². The van der Waals surface area contributed by atoms with Gasteiger partial charge in [0.15, 0.2) is 0 Å². The Balaban J connectivity index is 0.00000162. The molecule has 1 nitrogen and oxygen atoms in total. The molecular formula is C17H25N. The Morgan fingerprint density at radius 2 is 1.67 bits per heavy atom. The molecule has 0 aliphatic carbocycles. The van der Waals surface area contributed by atoms with Crippen LogP contribution < -0.4 is 6.15 Å². The fraction of sp³-hybridized carbons (Fsp3) is 0.412. The first-order chi connectivity index (χ1) is 8.33. The molecular weight excluding hydrogens is 218 g/mol. The average molecular weight is 243 g/mol. The SMILES string of the molecule is CCCCCCc1c(C)ccc2ccccc12.N. The average Bonchev–Trinajstić information content (AvgIpc) is 2.37. The van der Waals surface area contributed by atoms with Gasteiger partial charge in [-0.15, -0.1) is 0 Å². The van der Waals surface area contributed by atoms with Crippen LogP contribution in [0.4, 0.5) is 0 Å². The summed E-state index contributed by atoms with van der Waals surface area (Å²) in [5.41, 5.74) is 3.00. The fourth-order valence-corrected chi connectivity index (χ4v) is 2.51. The zero-order valence-corrected chi connectivity index (χ0v) is 11.7. The summed E-state index contributed by atoms with van der Waals surface area (Å²) in [7, 11) is 0. The second-order valence-electron chi connectivity index (χ2n) is 4.89. The van der Waals surface area contributed by atoms with Gasteiger partial charge in [0.2, 0.25) is 0 Å². The standard InChI is InChI=1S/C17H22.H3N/c1-3-4-5-6-10-16-14(2)12-13-15-9-7-8-11-17(15)16;/h7-9,11-13H,3-6,10H2,1-2H3;1H3. The Kier molecular flexibility index (Phi) is 5.87. The topological polar surface area (TPSA) is 35.0 Å². The predicted octanol–water partition coefficient (Wildman–Crippen LogP) is 5.43. The van der Waals surface area contributed by atoms with Crippen LogP contribution in [0, 0.1) is 6.92 Å². The molecule has 0 aromatic heterocycles. The number of fused-ring (bicyclic) bond motifs is 1. The van der Waals surface area contributed by atoms with Crippen molar-refractivity contribution in [1.29, 1.82) is 0 Å². The third-order valence-corrected chi connectivity index (χ3v) is 3.56. The van der Waals surface area contributed by atoms with Gasteiger partial charge in [-0.25, -0.2) is 0 Å². The van der Waals surface area contributed by atoms with Crippen molar-refractivity contribution in [2.24, 2.45) is 0 Å². The summed E-state index contributed by atoms with van der Waals surface area (Å²) in [6.45, 7) is 4.50. The third kappa shape index (κ3) is 3.33. The Bertz CT molecular complexity index is 488. The molecule has 0 aliphatic rings. The molecule has 2 rings (SSSR count). The number of aryl methyl sites for hydroxylation is 2. The van der Waals surface area contributed by atoms with Crippen molar-refractivity contribution in [3.63, 3.8) is 0 Å². The van der Waals surface area contributed by atoms with Crippen LogP contribution in [0.15, 0.2) is 36.4 Å². The zero-order chi connectivity index (χ0) is 12.1. The highest BCUT2D eigenvalue weighted by molar-refractivity contribution is 5.86. The Morgan fingerprint density at radius 1 is 0.889 bits per heavy atom. The quantitative estimate of drug-likeness (QED) is 0.698. The maximum absolute atomic E-state index is 2.27. The number of benzene rings is 2. The fourth-order valence-electron chi connectivity index (χ4n) is 2.51.